The van der Waals surface area contributed by atoms with Crippen molar-refractivity contribution >= 4 is 0 Å². The minimum absolute atomic E-state index is 0.793. The van der Waals surface area contributed by atoms with Crippen LogP contribution in [0.25, 0.3) is 0 Å². The molecule has 13 heavy (non-hydrogen) atoms. The summed E-state index contributed by atoms with van der Waals surface area (Å²) in [5.41, 5.74) is 2.57. The summed E-state index contributed by atoms with van der Waals surface area (Å²) >= 11 is 0. The van der Waals surface area contributed by atoms with Gasteiger partial charge in [0.25, 0.3) is 0 Å². The van der Waals surface area contributed by atoms with E-state index in [1.54, 1.807) is 0 Å². The SMILES string of the molecule is Cc1ccc(C2CCCCC2)cn1. The summed E-state index contributed by atoms with van der Waals surface area (Å²) in [6.07, 6.45) is 9.02. The van der Waals surface area contributed by atoms with E-state index in [4.69, 9.17) is 0 Å². The number of aryl methyl sites for hydroxylation is 1. The van der Waals surface area contributed by atoms with Gasteiger partial charge in [0.05, 0.1) is 0 Å². The van der Waals surface area contributed by atoms with Crippen LogP contribution in [0, 0.1) is 6.92 Å². The zero-order valence-electron chi connectivity index (χ0n) is 8.29. The van der Waals surface area contributed by atoms with Crippen LogP contribution in [-0.2, 0) is 0 Å². The van der Waals surface area contributed by atoms with Crippen molar-refractivity contribution in [1.29, 1.82) is 0 Å². The van der Waals surface area contributed by atoms with Crippen LogP contribution in [0.1, 0.15) is 49.3 Å². The normalized spacial score (nSPS) is 18.8. The Morgan fingerprint density at radius 2 is 1.92 bits per heavy atom. The second-order valence-corrected chi connectivity index (χ2v) is 4.07. The maximum Gasteiger partial charge on any atom is 0.0372 e. The van der Waals surface area contributed by atoms with Crippen molar-refractivity contribution in [3.8, 4) is 0 Å². The summed E-state index contributed by atoms with van der Waals surface area (Å²) < 4.78 is 0. The molecule has 1 saturated carbocycles. The first kappa shape index (κ1) is 8.74. The minimum Gasteiger partial charge on any atom is -0.261 e. The minimum atomic E-state index is 0.793. The van der Waals surface area contributed by atoms with Crippen LogP contribution >= 0.6 is 0 Å². The van der Waals surface area contributed by atoms with Crippen LogP contribution in [0.4, 0.5) is 0 Å². The lowest BCUT2D eigenvalue weighted by molar-refractivity contribution is 0.443. The van der Waals surface area contributed by atoms with Gasteiger partial charge in [0, 0.05) is 11.9 Å². The van der Waals surface area contributed by atoms with E-state index < -0.39 is 0 Å². The Hall–Kier alpha value is -0.850. The molecule has 0 bridgehead atoms. The van der Waals surface area contributed by atoms with Gasteiger partial charge in [-0.1, -0.05) is 25.3 Å². The maximum atomic E-state index is 4.35. The van der Waals surface area contributed by atoms with Gasteiger partial charge in [-0.05, 0) is 37.3 Å². The van der Waals surface area contributed by atoms with E-state index in [2.05, 4.69) is 23.3 Å². The highest BCUT2D eigenvalue weighted by molar-refractivity contribution is 5.18. The number of pyridine rings is 1. The average molecular weight is 175 g/mol. The Bertz CT molecular complexity index is 257. The number of hydrogen-bond donors (Lipinski definition) is 0. The van der Waals surface area contributed by atoms with Crippen LogP contribution in [0.15, 0.2) is 18.3 Å². The van der Waals surface area contributed by atoms with Gasteiger partial charge >= 0.3 is 0 Å². The lowest BCUT2D eigenvalue weighted by Crippen LogP contribution is -2.04. The summed E-state index contributed by atoms with van der Waals surface area (Å²) in [6, 6.07) is 4.38. The highest BCUT2D eigenvalue weighted by atomic mass is 14.7. The predicted octanol–water partition coefficient (Wildman–Crippen LogP) is 3.44. The average Bonchev–Trinajstić information content (AvgIpc) is 2.20. The molecule has 0 saturated heterocycles. The van der Waals surface area contributed by atoms with Crippen LogP contribution in [0.2, 0.25) is 0 Å². The van der Waals surface area contributed by atoms with Gasteiger partial charge in [0.1, 0.15) is 0 Å². The molecule has 0 unspecified atom stereocenters. The largest absolute Gasteiger partial charge is 0.261 e. The Morgan fingerprint density at radius 1 is 1.15 bits per heavy atom. The molecule has 0 atom stereocenters. The lowest BCUT2D eigenvalue weighted by Gasteiger charge is -2.21. The number of nitrogens with zero attached hydrogens (tertiary/aromatic N) is 1. The fourth-order valence-electron chi connectivity index (χ4n) is 2.16. The molecule has 0 N–H and O–H groups in total. The molecule has 0 aromatic carbocycles. The molecule has 1 aliphatic rings. The van der Waals surface area contributed by atoms with Crippen LogP contribution < -0.4 is 0 Å². The molecule has 1 heterocycles. The van der Waals surface area contributed by atoms with Gasteiger partial charge in [-0.3, -0.25) is 4.98 Å². The van der Waals surface area contributed by atoms with E-state index >= 15 is 0 Å². The van der Waals surface area contributed by atoms with Gasteiger partial charge in [0.15, 0.2) is 0 Å². The van der Waals surface area contributed by atoms with Gasteiger partial charge in [-0.25, -0.2) is 0 Å². The fourth-order valence-corrected chi connectivity index (χ4v) is 2.16. The molecule has 1 fully saturated rings. The van der Waals surface area contributed by atoms with E-state index in [0.717, 1.165) is 11.6 Å². The summed E-state index contributed by atoms with van der Waals surface area (Å²) in [5, 5.41) is 0. The summed E-state index contributed by atoms with van der Waals surface area (Å²) in [7, 11) is 0. The summed E-state index contributed by atoms with van der Waals surface area (Å²) in [5.74, 6) is 0.793. The van der Waals surface area contributed by atoms with Crippen molar-refractivity contribution < 1.29 is 0 Å². The number of rotatable bonds is 1. The number of hydrogen-bond acceptors (Lipinski definition) is 1. The van der Waals surface area contributed by atoms with Crippen molar-refractivity contribution in [2.45, 2.75) is 44.9 Å². The van der Waals surface area contributed by atoms with E-state index in [9.17, 15) is 0 Å². The molecule has 0 aliphatic heterocycles. The highest BCUT2D eigenvalue weighted by Crippen LogP contribution is 2.31. The van der Waals surface area contributed by atoms with Crippen molar-refractivity contribution in [2.24, 2.45) is 0 Å². The van der Waals surface area contributed by atoms with Crippen molar-refractivity contribution in [1.82, 2.24) is 4.98 Å². The Labute approximate surface area is 80.2 Å². The molecule has 1 aliphatic carbocycles. The van der Waals surface area contributed by atoms with Gasteiger partial charge in [-0.15, -0.1) is 0 Å². The molecule has 2 rings (SSSR count). The lowest BCUT2D eigenvalue weighted by atomic mass is 9.85. The smallest absolute Gasteiger partial charge is 0.0372 e. The van der Waals surface area contributed by atoms with E-state index in [-0.39, 0.29) is 0 Å². The molecule has 70 valence electrons. The van der Waals surface area contributed by atoms with E-state index in [1.165, 1.54) is 37.7 Å². The Kier molecular flexibility index (Phi) is 2.62. The third kappa shape index (κ3) is 2.09. The third-order valence-electron chi connectivity index (χ3n) is 3.01. The molecule has 0 amide bonds. The van der Waals surface area contributed by atoms with Crippen LogP contribution in [0.5, 0.6) is 0 Å². The van der Waals surface area contributed by atoms with Crippen LogP contribution in [-0.4, -0.2) is 4.98 Å². The highest BCUT2D eigenvalue weighted by Gasteiger charge is 2.14. The quantitative estimate of drug-likeness (QED) is 0.637. The van der Waals surface area contributed by atoms with Crippen LogP contribution in [0.3, 0.4) is 0 Å². The predicted molar refractivity (Wildman–Crippen MR) is 54.8 cm³/mol. The third-order valence-corrected chi connectivity index (χ3v) is 3.01. The fraction of sp³-hybridized carbons (Fsp3) is 0.583. The summed E-state index contributed by atoms with van der Waals surface area (Å²) in [6.45, 7) is 2.05. The summed E-state index contributed by atoms with van der Waals surface area (Å²) in [4.78, 5) is 4.35. The molecule has 1 heteroatoms. The van der Waals surface area contributed by atoms with Crippen molar-refractivity contribution in [2.75, 3.05) is 0 Å². The topological polar surface area (TPSA) is 12.9 Å². The van der Waals surface area contributed by atoms with Gasteiger partial charge in [0.2, 0.25) is 0 Å². The molecular formula is C12H17N. The maximum absolute atomic E-state index is 4.35. The molecule has 0 spiro atoms. The van der Waals surface area contributed by atoms with E-state index in [1.807, 2.05) is 6.92 Å². The number of aromatic nitrogens is 1. The molecule has 1 aromatic rings. The standard InChI is InChI=1S/C12H17N/c1-10-7-8-12(9-13-10)11-5-3-2-4-6-11/h7-9,11H,2-6H2,1H3. The molecular weight excluding hydrogens is 158 g/mol. The first-order chi connectivity index (χ1) is 6.36. The zero-order chi connectivity index (χ0) is 9.10. The first-order valence-electron chi connectivity index (χ1n) is 5.29. The van der Waals surface area contributed by atoms with Crippen molar-refractivity contribution in [3.63, 3.8) is 0 Å². The molecule has 1 nitrogen and oxygen atoms in total. The second kappa shape index (κ2) is 3.91. The molecule has 0 radical (unpaired) electrons. The van der Waals surface area contributed by atoms with Gasteiger partial charge < -0.3 is 0 Å². The van der Waals surface area contributed by atoms with Gasteiger partial charge in [-0.2, -0.15) is 0 Å². The zero-order valence-corrected chi connectivity index (χ0v) is 8.29. The Balaban J connectivity index is 2.10. The molecule has 1 aromatic heterocycles. The monoisotopic (exact) mass is 175 g/mol. The van der Waals surface area contributed by atoms with Crippen molar-refractivity contribution in [3.05, 3.63) is 29.6 Å². The second-order valence-electron chi connectivity index (χ2n) is 4.07. The first-order valence-corrected chi connectivity index (χ1v) is 5.29. The van der Waals surface area contributed by atoms with E-state index in [0.29, 0.717) is 0 Å². The Morgan fingerprint density at radius 3 is 2.54 bits per heavy atom.